The number of halogens is 3. The van der Waals surface area contributed by atoms with Crippen LogP contribution in [0.5, 0.6) is 0 Å². The van der Waals surface area contributed by atoms with Crippen molar-refractivity contribution in [2.45, 2.75) is 12.6 Å². The van der Waals surface area contributed by atoms with E-state index in [1.165, 1.54) is 23.9 Å². The van der Waals surface area contributed by atoms with E-state index < -0.39 is 11.7 Å². The zero-order valence-corrected chi connectivity index (χ0v) is 16.9. The first-order chi connectivity index (χ1) is 14.7. The first-order valence-electron chi connectivity index (χ1n) is 9.10. The first-order valence-corrected chi connectivity index (χ1v) is 9.98. The van der Waals surface area contributed by atoms with Crippen molar-refractivity contribution in [3.05, 3.63) is 75.5 Å². The van der Waals surface area contributed by atoms with E-state index in [9.17, 15) is 22.8 Å². The lowest BCUT2D eigenvalue weighted by Gasteiger charge is -2.08. The molecule has 6 nitrogen and oxygen atoms in total. The van der Waals surface area contributed by atoms with E-state index >= 15 is 0 Å². The molecule has 0 spiro atoms. The van der Waals surface area contributed by atoms with Gasteiger partial charge in [-0.15, -0.1) is 11.3 Å². The molecule has 0 atom stereocenters. The number of benzene rings is 2. The number of amides is 1. The van der Waals surface area contributed by atoms with E-state index in [-0.39, 0.29) is 17.9 Å². The molecule has 2 aromatic heterocycles. The summed E-state index contributed by atoms with van der Waals surface area (Å²) >= 11 is 1.16. The summed E-state index contributed by atoms with van der Waals surface area (Å²) in [5.41, 5.74) is 0.433. The Morgan fingerprint density at radius 2 is 1.77 bits per heavy atom. The number of hydrogen-bond donors (Lipinski definition) is 1. The van der Waals surface area contributed by atoms with Crippen molar-refractivity contribution < 1.29 is 18.0 Å². The van der Waals surface area contributed by atoms with Crippen LogP contribution < -0.4 is 10.9 Å². The molecule has 4 aromatic rings. The van der Waals surface area contributed by atoms with E-state index in [2.05, 4.69) is 15.4 Å². The van der Waals surface area contributed by atoms with Crippen LogP contribution in [-0.4, -0.2) is 20.7 Å². The van der Waals surface area contributed by atoms with Crippen molar-refractivity contribution in [1.29, 1.82) is 0 Å². The van der Waals surface area contributed by atoms with Crippen LogP contribution in [0.3, 0.4) is 0 Å². The molecule has 1 N–H and O–H groups in total. The molecular formula is C21H15F3N4O2S. The average Bonchev–Trinajstić information content (AvgIpc) is 3.19. The van der Waals surface area contributed by atoms with Gasteiger partial charge in [-0.05, 0) is 18.2 Å². The van der Waals surface area contributed by atoms with Crippen molar-refractivity contribution in [3.63, 3.8) is 0 Å². The molecule has 0 radical (unpaired) electrons. The Morgan fingerprint density at radius 1 is 1.10 bits per heavy atom. The van der Waals surface area contributed by atoms with Crippen LogP contribution in [0.15, 0.2) is 58.7 Å². The highest BCUT2D eigenvalue weighted by atomic mass is 32.1. The van der Waals surface area contributed by atoms with Crippen molar-refractivity contribution in [2.24, 2.45) is 7.05 Å². The summed E-state index contributed by atoms with van der Waals surface area (Å²) in [6.45, 7) is 0. The second kappa shape index (κ2) is 7.95. The molecule has 4 rings (SSSR count). The Labute approximate surface area is 178 Å². The molecule has 0 unspecified atom stereocenters. The van der Waals surface area contributed by atoms with Crippen molar-refractivity contribution in [2.75, 3.05) is 5.32 Å². The summed E-state index contributed by atoms with van der Waals surface area (Å²) in [4.78, 5) is 29.0. The van der Waals surface area contributed by atoms with Crippen molar-refractivity contribution >= 4 is 33.1 Å². The Kier molecular flexibility index (Phi) is 5.32. The average molecular weight is 444 g/mol. The summed E-state index contributed by atoms with van der Waals surface area (Å²) in [6, 6.07) is 11.6. The first kappa shape index (κ1) is 20.7. The highest BCUT2D eigenvalue weighted by Gasteiger charge is 2.30. The van der Waals surface area contributed by atoms with Crippen LogP contribution in [0.2, 0.25) is 0 Å². The Hall–Kier alpha value is -3.53. The summed E-state index contributed by atoms with van der Waals surface area (Å²) in [5.74, 6) is -0.371. The van der Waals surface area contributed by atoms with Gasteiger partial charge in [0.25, 0.3) is 5.56 Å². The number of anilines is 1. The van der Waals surface area contributed by atoms with Gasteiger partial charge in [0.2, 0.25) is 5.91 Å². The fourth-order valence-electron chi connectivity index (χ4n) is 3.12. The number of thiazole rings is 1. The lowest BCUT2D eigenvalue weighted by atomic mass is 10.1. The number of nitrogens with one attached hydrogen (secondary N) is 1. The van der Waals surface area contributed by atoms with E-state index in [1.54, 1.807) is 29.6 Å². The number of nitrogens with zero attached hydrogens (tertiary/aromatic N) is 3. The van der Waals surface area contributed by atoms with E-state index in [1.807, 2.05) is 0 Å². The van der Waals surface area contributed by atoms with E-state index in [0.717, 1.165) is 23.5 Å². The minimum absolute atomic E-state index is 0.0656. The quantitative estimate of drug-likeness (QED) is 0.510. The molecule has 0 saturated heterocycles. The van der Waals surface area contributed by atoms with E-state index in [0.29, 0.717) is 32.9 Å². The second-order valence-corrected chi connectivity index (χ2v) is 7.62. The van der Waals surface area contributed by atoms with Crippen LogP contribution in [0, 0.1) is 0 Å². The van der Waals surface area contributed by atoms with Gasteiger partial charge >= 0.3 is 6.18 Å². The highest BCUT2D eigenvalue weighted by Crippen LogP contribution is 2.31. The standard InChI is InChI=1S/C21H15F3N4O2S/c1-28-19(30)15-5-3-2-4-14(15)16(27-28)10-18(29)26-20-25-17(11-31-20)12-6-8-13(9-7-12)21(22,23)24/h2-9,11H,10H2,1H3,(H,25,26,29). The van der Waals surface area contributed by atoms with E-state index in [4.69, 9.17) is 0 Å². The molecule has 31 heavy (non-hydrogen) atoms. The number of aromatic nitrogens is 3. The fraction of sp³-hybridized carbons (Fsp3) is 0.143. The van der Waals surface area contributed by atoms with Gasteiger partial charge in [-0.1, -0.05) is 30.3 Å². The molecule has 0 fully saturated rings. The van der Waals surface area contributed by atoms with Gasteiger partial charge in [-0.25, -0.2) is 9.67 Å². The number of alkyl halides is 3. The molecule has 0 aliphatic heterocycles. The minimum Gasteiger partial charge on any atom is -0.302 e. The number of rotatable bonds is 4. The maximum Gasteiger partial charge on any atom is 0.416 e. The Morgan fingerprint density at radius 3 is 2.45 bits per heavy atom. The van der Waals surface area contributed by atoms with Crippen molar-refractivity contribution in [3.8, 4) is 11.3 Å². The fourth-order valence-corrected chi connectivity index (χ4v) is 3.85. The Balaban J connectivity index is 1.51. The number of carbonyl (C=O) groups is 1. The number of aryl methyl sites for hydroxylation is 1. The summed E-state index contributed by atoms with van der Waals surface area (Å²) in [5, 5.41) is 9.91. The molecule has 158 valence electrons. The largest absolute Gasteiger partial charge is 0.416 e. The van der Waals surface area contributed by atoms with Gasteiger partial charge in [-0.3, -0.25) is 9.59 Å². The third-order valence-corrected chi connectivity index (χ3v) is 5.38. The molecule has 0 aliphatic rings. The topological polar surface area (TPSA) is 76.9 Å². The third kappa shape index (κ3) is 4.33. The minimum atomic E-state index is -4.40. The second-order valence-electron chi connectivity index (χ2n) is 6.76. The van der Waals surface area contributed by atoms with Crippen LogP contribution in [0.4, 0.5) is 18.3 Å². The predicted octanol–water partition coefficient (Wildman–Crippen LogP) is 4.26. The monoisotopic (exact) mass is 444 g/mol. The lowest BCUT2D eigenvalue weighted by molar-refractivity contribution is -0.137. The SMILES string of the molecule is Cn1nc(CC(=O)Nc2nc(-c3ccc(C(F)(F)F)cc3)cs2)c2ccccc2c1=O. The molecule has 10 heteroatoms. The van der Waals surface area contributed by atoms with Crippen LogP contribution in [0.25, 0.3) is 22.0 Å². The molecule has 1 amide bonds. The van der Waals surface area contributed by atoms with Gasteiger partial charge in [0.15, 0.2) is 5.13 Å². The molecule has 2 aromatic carbocycles. The number of carbonyl (C=O) groups excluding carboxylic acids is 1. The van der Waals surface area contributed by atoms with Crippen LogP contribution in [-0.2, 0) is 24.4 Å². The van der Waals surface area contributed by atoms with Crippen LogP contribution >= 0.6 is 11.3 Å². The van der Waals surface area contributed by atoms with Crippen molar-refractivity contribution in [1.82, 2.24) is 14.8 Å². The number of hydrogen-bond acceptors (Lipinski definition) is 5. The normalized spacial score (nSPS) is 11.6. The van der Waals surface area contributed by atoms with Gasteiger partial charge in [0.1, 0.15) is 0 Å². The van der Waals surface area contributed by atoms with Gasteiger partial charge in [0.05, 0.1) is 28.8 Å². The zero-order valence-electron chi connectivity index (χ0n) is 16.1. The lowest BCUT2D eigenvalue weighted by Crippen LogP contribution is -2.24. The summed E-state index contributed by atoms with van der Waals surface area (Å²) in [6.07, 6.45) is -4.47. The number of fused-ring (bicyclic) bond motifs is 1. The molecule has 0 saturated carbocycles. The van der Waals surface area contributed by atoms with Crippen LogP contribution in [0.1, 0.15) is 11.3 Å². The highest BCUT2D eigenvalue weighted by molar-refractivity contribution is 7.14. The summed E-state index contributed by atoms with van der Waals surface area (Å²) in [7, 11) is 1.52. The maximum absolute atomic E-state index is 12.7. The molecule has 2 heterocycles. The molecule has 0 bridgehead atoms. The maximum atomic E-state index is 12.7. The predicted molar refractivity (Wildman–Crippen MR) is 112 cm³/mol. The van der Waals surface area contributed by atoms with Gasteiger partial charge in [-0.2, -0.15) is 18.3 Å². The van der Waals surface area contributed by atoms with Gasteiger partial charge in [0, 0.05) is 23.4 Å². The van der Waals surface area contributed by atoms with Gasteiger partial charge < -0.3 is 5.32 Å². The smallest absolute Gasteiger partial charge is 0.302 e. The summed E-state index contributed by atoms with van der Waals surface area (Å²) < 4.78 is 39.3. The molecule has 0 aliphatic carbocycles. The Bertz CT molecular complexity index is 1330. The zero-order chi connectivity index (χ0) is 22.2. The molecular weight excluding hydrogens is 429 g/mol. The third-order valence-electron chi connectivity index (χ3n) is 4.62.